The van der Waals surface area contributed by atoms with Gasteiger partial charge in [0.15, 0.2) is 0 Å². The van der Waals surface area contributed by atoms with E-state index in [1.54, 1.807) is 13.2 Å². The van der Waals surface area contributed by atoms with Crippen molar-refractivity contribution < 1.29 is 9.53 Å². The summed E-state index contributed by atoms with van der Waals surface area (Å²) in [7, 11) is 1.66. The van der Waals surface area contributed by atoms with Gasteiger partial charge in [0.05, 0.1) is 12.8 Å². The van der Waals surface area contributed by atoms with Gasteiger partial charge in [0.25, 0.3) is 5.91 Å². The number of anilines is 1. The first kappa shape index (κ1) is 18.4. The van der Waals surface area contributed by atoms with Crippen LogP contribution in [-0.4, -0.2) is 54.3 Å². The second kappa shape index (κ2) is 7.94. The maximum absolute atomic E-state index is 12.8. The van der Waals surface area contributed by atoms with Crippen molar-refractivity contribution in [3.8, 4) is 17.0 Å². The Hall–Kier alpha value is -2.99. The molecule has 6 nitrogen and oxygen atoms in total. The van der Waals surface area contributed by atoms with E-state index in [1.165, 1.54) is 0 Å². The van der Waals surface area contributed by atoms with E-state index in [1.807, 2.05) is 53.4 Å². The fraction of sp³-hybridized carbons (Fsp3) is 0.238. The van der Waals surface area contributed by atoms with E-state index in [2.05, 4.69) is 15.1 Å². The highest BCUT2D eigenvalue weighted by Gasteiger charge is 2.24. The second-order valence-corrected chi connectivity index (χ2v) is 7.09. The van der Waals surface area contributed by atoms with E-state index < -0.39 is 0 Å². The van der Waals surface area contributed by atoms with Crippen molar-refractivity contribution in [3.63, 3.8) is 0 Å². The van der Waals surface area contributed by atoms with Crippen LogP contribution in [0.5, 0.6) is 5.75 Å². The summed E-state index contributed by atoms with van der Waals surface area (Å²) < 4.78 is 5.21. The van der Waals surface area contributed by atoms with E-state index in [9.17, 15) is 4.79 Å². The van der Waals surface area contributed by atoms with E-state index >= 15 is 0 Å². The Morgan fingerprint density at radius 2 is 1.71 bits per heavy atom. The van der Waals surface area contributed by atoms with Gasteiger partial charge in [-0.2, -0.15) is 5.10 Å². The van der Waals surface area contributed by atoms with E-state index in [4.69, 9.17) is 16.3 Å². The average Bonchev–Trinajstić information content (AvgIpc) is 3.24. The smallest absolute Gasteiger partial charge is 0.272 e. The number of ether oxygens (including phenoxy) is 1. The molecule has 28 heavy (non-hydrogen) atoms. The number of carbonyl (C=O) groups excluding carboxylic acids is 1. The van der Waals surface area contributed by atoms with Gasteiger partial charge in [0, 0.05) is 42.5 Å². The van der Waals surface area contributed by atoms with E-state index in [0.717, 1.165) is 35.8 Å². The lowest BCUT2D eigenvalue weighted by atomic mass is 10.1. The molecule has 0 radical (unpaired) electrons. The van der Waals surface area contributed by atoms with Crippen molar-refractivity contribution >= 4 is 23.2 Å². The minimum Gasteiger partial charge on any atom is -0.497 e. The number of piperazine rings is 1. The van der Waals surface area contributed by atoms with Crippen LogP contribution in [0.15, 0.2) is 54.6 Å². The number of hydrogen-bond donors (Lipinski definition) is 1. The van der Waals surface area contributed by atoms with Crippen LogP contribution in [0, 0.1) is 0 Å². The lowest BCUT2D eigenvalue weighted by Crippen LogP contribution is -2.48. The summed E-state index contributed by atoms with van der Waals surface area (Å²) >= 11 is 5.93. The number of nitrogens with zero attached hydrogens (tertiary/aromatic N) is 3. The highest BCUT2D eigenvalue weighted by Crippen LogP contribution is 2.23. The second-order valence-electron chi connectivity index (χ2n) is 6.65. The molecule has 0 bridgehead atoms. The average molecular weight is 397 g/mol. The monoisotopic (exact) mass is 396 g/mol. The molecule has 2 aromatic carbocycles. The molecule has 0 unspecified atom stereocenters. The molecule has 1 N–H and O–H groups in total. The Morgan fingerprint density at radius 3 is 2.36 bits per heavy atom. The molecular weight excluding hydrogens is 376 g/mol. The Labute approximate surface area is 168 Å². The summed E-state index contributed by atoms with van der Waals surface area (Å²) in [5, 5.41) is 7.81. The molecule has 1 saturated heterocycles. The molecule has 144 valence electrons. The van der Waals surface area contributed by atoms with Crippen molar-refractivity contribution in [2.24, 2.45) is 0 Å². The van der Waals surface area contributed by atoms with Gasteiger partial charge in [-0.05, 0) is 42.5 Å². The number of halogens is 1. The quantitative estimate of drug-likeness (QED) is 0.730. The third-order valence-electron chi connectivity index (χ3n) is 4.95. The molecule has 0 atom stereocenters. The normalized spacial score (nSPS) is 14.2. The van der Waals surface area contributed by atoms with Crippen molar-refractivity contribution in [1.82, 2.24) is 15.1 Å². The summed E-state index contributed by atoms with van der Waals surface area (Å²) in [5.74, 6) is 0.815. The van der Waals surface area contributed by atoms with Crippen molar-refractivity contribution in [2.75, 3.05) is 38.2 Å². The molecule has 1 aliphatic rings. The Morgan fingerprint density at radius 1 is 1.04 bits per heavy atom. The summed E-state index contributed by atoms with van der Waals surface area (Å²) in [6, 6.07) is 17.2. The Kier molecular flexibility index (Phi) is 5.21. The van der Waals surface area contributed by atoms with Crippen molar-refractivity contribution in [2.45, 2.75) is 0 Å². The van der Waals surface area contributed by atoms with Crippen LogP contribution in [0.4, 0.5) is 5.69 Å². The van der Waals surface area contributed by atoms with Crippen molar-refractivity contribution in [3.05, 3.63) is 65.3 Å². The molecule has 1 amide bonds. The first-order valence-corrected chi connectivity index (χ1v) is 9.51. The molecule has 7 heteroatoms. The van der Waals surface area contributed by atoms with Crippen LogP contribution in [0.1, 0.15) is 10.5 Å². The van der Waals surface area contributed by atoms with Gasteiger partial charge in [-0.15, -0.1) is 0 Å². The zero-order valence-electron chi connectivity index (χ0n) is 15.6. The zero-order chi connectivity index (χ0) is 19.5. The fourth-order valence-corrected chi connectivity index (χ4v) is 3.46. The first-order valence-electron chi connectivity index (χ1n) is 9.13. The van der Waals surface area contributed by atoms with Gasteiger partial charge in [-0.25, -0.2) is 0 Å². The molecule has 4 rings (SSSR count). The number of nitrogens with one attached hydrogen (secondary N) is 1. The topological polar surface area (TPSA) is 61.5 Å². The molecule has 0 aliphatic carbocycles. The summed E-state index contributed by atoms with van der Waals surface area (Å²) in [5.41, 5.74) is 3.29. The number of rotatable bonds is 4. The molecular formula is C21H21ClN4O2. The third kappa shape index (κ3) is 3.82. The number of amides is 1. The standard InChI is InChI=1S/C21H21ClN4O2/c1-28-18-8-6-17(7-9-18)25-10-12-26(13-11-25)21(27)20-14-19(23-24-20)15-2-4-16(22)5-3-15/h2-9,14H,10-13H2,1H3,(H,23,24). The van der Waals surface area contributed by atoms with Gasteiger partial charge in [-0.3, -0.25) is 9.89 Å². The maximum Gasteiger partial charge on any atom is 0.272 e. The molecule has 0 saturated carbocycles. The first-order chi connectivity index (χ1) is 13.6. The molecule has 0 spiro atoms. The SMILES string of the molecule is COc1ccc(N2CCN(C(=O)c3cc(-c4ccc(Cl)cc4)n[nH]3)CC2)cc1. The predicted octanol–water partition coefficient (Wildman–Crippen LogP) is 3.70. The van der Waals surface area contributed by atoms with Crippen LogP contribution in [0.3, 0.4) is 0 Å². The lowest BCUT2D eigenvalue weighted by molar-refractivity contribution is 0.0741. The van der Waals surface area contributed by atoms with Crippen molar-refractivity contribution in [1.29, 1.82) is 0 Å². The number of H-pyrrole nitrogens is 1. The lowest BCUT2D eigenvalue weighted by Gasteiger charge is -2.35. The number of benzene rings is 2. The van der Waals surface area contributed by atoms with Crippen LogP contribution in [0.2, 0.25) is 5.02 Å². The van der Waals surface area contributed by atoms with Gasteiger partial charge in [-0.1, -0.05) is 23.7 Å². The molecule has 1 aromatic heterocycles. The Bertz CT molecular complexity index is 945. The summed E-state index contributed by atoms with van der Waals surface area (Å²) in [6.07, 6.45) is 0. The van der Waals surface area contributed by atoms with Gasteiger partial charge < -0.3 is 14.5 Å². The number of aromatic amines is 1. The number of aromatic nitrogens is 2. The molecule has 2 heterocycles. The molecule has 3 aromatic rings. The zero-order valence-corrected chi connectivity index (χ0v) is 16.3. The predicted molar refractivity (Wildman–Crippen MR) is 110 cm³/mol. The highest BCUT2D eigenvalue weighted by atomic mass is 35.5. The third-order valence-corrected chi connectivity index (χ3v) is 5.20. The van der Waals surface area contributed by atoms with Crippen LogP contribution < -0.4 is 9.64 Å². The highest BCUT2D eigenvalue weighted by molar-refractivity contribution is 6.30. The summed E-state index contributed by atoms with van der Waals surface area (Å²) in [4.78, 5) is 17.0. The van der Waals surface area contributed by atoms with Crippen LogP contribution in [0.25, 0.3) is 11.3 Å². The van der Waals surface area contributed by atoms with Crippen LogP contribution >= 0.6 is 11.6 Å². The molecule has 1 aliphatic heterocycles. The van der Waals surface area contributed by atoms with Crippen LogP contribution in [-0.2, 0) is 0 Å². The van der Waals surface area contributed by atoms with Gasteiger partial charge >= 0.3 is 0 Å². The Balaban J connectivity index is 1.39. The fourth-order valence-electron chi connectivity index (χ4n) is 3.33. The van der Waals surface area contributed by atoms with E-state index in [-0.39, 0.29) is 5.91 Å². The minimum absolute atomic E-state index is 0.0258. The minimum atomic E-state index is -0.0258. The number of hydrogen-bond acceptors (Lipinski definition) is 4. The van der Waals surface area contributed by atoms with E-state index in [0.29, 0.717) is 23.8 Å². The van der Waals surface area contributed by atoms with Gasteiger partial charge in [0.1, 0.15) is 11.4 Å². The van der Waals surface area contributed by atoms with Gasteiger partial charge in [0.2, 0.25) is 0 Å². The largest absolute Gasteiger partial charge is 0.497 e. The number of methoxy groups -OCH3 is 1. The molecule has 1 fully saturated rings. The summed E-state index contributed by atoms with van der Waals surface area (Å²) in [6.45, 7) is 2.91. The number of carbonyl (C=O) groups is 1. The maximum atomic E-state index is 12.8.